The van der Waals surface area contributed by atoms with Crippen molar-refractivity contribution in [1.29, 1.82) is 0 Å². The first-order valence-corrected chi connectivity index (χ1v) is 41.7. The van der Waals surface area contributed by atoms with Crippen LogP contribution in [0, 0.1) is 17.8 Å². The van der Waals surface area contributed by atoms with Gasteiger partial charge in [-0.15, -0.1) is 0 Å². The molecule has 0 rings (SSSR count). The number of ether oxygens (including phenoxy) is 4. The molecule has 0 heterocycles. The van der Waals surface area contributed by atoms with E-state index in [1.807, 2.05) is 0 Å². The van der Waals surface area contributed by atoms with E-state index in [0.717, 1.165) is 133 Å². The SMILES string of the molecule is CCCCCC/C=C\C=C/CCCCCCCC(=O)OC[C@H](COP(=O)(O)OC[C@@H](O)COP(=O)(O)OC[C@@H](COC(=O)CCCCCCCCC(C)CC)OC(=O)CCCCCCCCCCC(C)CC)OC(=O)CCCCCCCCCCCCCCCCCC(C)C. The molecule has 0 aromatic rings. The van der Waals surface area contributed by atoms with E-state index in [0.29, 0.717) is 25.7 Å². The Hall–Kier alpha value is -2.46. The Kier molecular flexibility index (Phi) is 64.4. The molecular formula is C76H144O17P2. The summed E-state index contributed by atoms with van der Waals surface area (Å²) >= 11 is 0. The Morgan fingerprint density at radius 2 is 0.621 bits per heavy atom. The number of rotatable bonds is 72. The van der Waals surface area contributed by atoms with Crippen LogP contribution in [-0.4, -0.2) is 96.7 Å². The highest BCUT2D eigenvalue weighted by molar-refractivity contribution is 7.47. The second-order valence-electron chi connectivity index (χ2n) is 27.7. The Labute approximate surface area is 580 Å². The molecule has 0 saturated heterocycles. The minimum absolute atomic E-state index is 0.100. The second-order valence-corrected chi connectivity index (χ2v) is 30.6. The molecule has 0 aromatic carbocycles. The van der Waals surface area contributed by atoms with E-state index in [-0.39, 0.29) is 25.7 Å². The van der Waals surface area contributed by atoms with E-state index in [1.54, 1.807) is 0 Å². The van der Waals surface area contributed by atoms with Gasteiger partial charge in [0.05, 0.1) is 26.4 Å². The number of esters is 4. The molecule has 0 aliphatic heterocycles. The van der Waals surface area contributed by atoms with Crippen LogP contribution in [0.5, 0.6) is 0 Å². The van der Waals surface area contributed by atoms with Crippen LogP contribution in [0.3, 0.4) is 0 Å². The number of allylic oxidation sites excluding steroid dienone is 4. The van der Waals surface area contributed by atoms with Gasteiger partial charge in [0, 0.05) is 25.7 Å². The summed E-state index contributed by atoms with van der Waals surface area (Å²) in [5, 5.41) is 10.6. The summed E-state index contributed by atoms with van der Waals surface area (Å²) in [6.45, 7) is 11.8. The van der Waals surface area contributed by atoms with E-state index in [4.69, 9.17) is 37.0 Å². The lowest BCUT2D eigenvalue weighted by Gasteiger charge is -2.21. The number of unbranched alkanes of at least 4 members (excludes halogenated alkanes) is 35. The third-order valence-corrected chi connectivity index (χ3v) is 19.6. The van der Waals surface area contributed by atoms with Crippen molar-refractivity contribution in [2.75, 3.05) is 39.6 Å². The van der Waals surface area contributed by atoms with Gasteiger partial charge in [0.1, 0.15) is 19.3 Å². The molecule has 0 amide bonds. The van der Waals surface area contributed by atoms with E-state index in [9.17, 15) is 43.2 Å². The van der Waals surface area contributed by atoms with Crippen molar-refractivity contribution in [3.8, 4) is 0 Å². The van der Waals surface area contributed by atoms with Gasteiger partial charge in [-0.05, 0) is 69.1 Å². The zero-order chi connectivity index (χ0) is 70.1. The number of aliphatic hydroxyl groups is 1. The minimum atomic E-state index is -4.97. The monoisotopic (exact) mass is 1390 g/mol. The molecule has 19 heteroatoms. The highest BCUT2D eigenvalue weighted by Crippen LogP contribution is 2.45. The van der Waals surface area contributed by atoms with Gasteiger partial charge in [0.2, 0.25) is 0 Å². The number of hydrogen-bond donors (Lipinski definition) is 3. The van der Waals surface area contributed by atoms with Gasteiger partial charge >= 0.3 is 39.5 Å². The summed E-state index contributed by atoms with van der Waals surface area (Å²) in [6, 6.07) is 0. The van der Waals surface area contributed by atoms with Gasteiger partial charge < -0.3 is 33.8 Å². The normalized spacial score (nSPS) is 14.8. The highest BCUT2D eigenvalue weighted by Gasteiger charge is 2.30. The summed E-state index contributed by atoms with van der Waals surface area (Å²) < 4.78 is 68.5. The number of carbonyl (C=O) groups is 4. The molecule has 0 aliphatic rings. The maximum Gasteiger partial charge on any atom is 0.472 e. The number of phosphoric ester groups is 2. The van der Waals surface area contributed by atoms with Gasteiger partial charge in [-0.3, -0.25) is 37.3 Å². The minimum Gasteiger partial charge on any atom is -0.462 e. The largest absolute Gasteiger partial charge is 0.472 e. The van der Waals surface area contributed by atoms with Crippen LogP contribution in [0.15, 0.2) is 24.3 Å². The summed E-state index contributed by atoms with van der Waals surface area (Å²) in [5.74, 6) is 0.147. The van der Waals surface area contributed by atoms with Crippen molar-refractivity contribution in [2.24, 2.45) is 17.8 Å². The molecule has 560 valence electrons. The first-order valence-electron chi connectivity index (χ1n) is 38.7. The molecule has 0 spiro atoms. The third-order valence-electron chi connectivity index (χ3n) is 17.7. The van der Waals surface area contributed by atoms with Crippen LogP contribution >= 0.6 is 15.6 Å². The number of hydrogen-bond acceptors (Lipinski definition) is 15. The van der Waals surface area contributed by atoms with Gasteiger partial charge in [-0.1, -0.05) is 310 Å². The number of aliphatic hydroxyl groups excluding tert-OH is 1. The quantitative estimate of drug-likeness (QED) is 0.0169. The summed E-state index contributed by atoms with van der Waals surface area (Å²) in [4.78, 5) is 72.8. The molecule has 0 saturated carbocycles. The molecule has 0 fully saturated rings. The summed E-state index contributed by atoms with van der Waals surface area (Å²) in [5.41, 5.74) is 0. The lowest BCUT2D eigenvalue weighted by molar-refractivity contribution is -0.161. The Bertz CT molecular complexity index is 1950. The lowest BCUT2D eigenvalue weighted by atomic mass is 9.99. The van der Waals surface area contributed by atoms with E-state index >= 15 is 0 Å². The van der Waals surface area contributed by atoms with Crippen LogP contribution in [0.25, 0.3) is 0 Å². The molecule has 4 unspecified atom stereocenters. The highest BCUT2D eigenvalue weighted by atomic mass is 31.2. The summed E-state index contributed by atoms with van der Waals surface area (Å²) in [6.07, 6.45) is 54.9. The number of phosphoric acid groups is 2. The second kappa shape index (κ2) is 66.1. The maximum absolute atomic E-state index is 13.1. The maximum atomic E-state index is 13.1. The Morgan fingerprint density at radius 3 is 0.937 bits per heavy atom. The fourth-order valence-electron chi connectivity index (χ4n) is 11.0. The molecule has 0 aromatic heterocycles. The average molecular weight is 1390 g/mol. The molecule has 0 bridgehead atoms. The van der Waals surface area contributed by atoms with Crippen molar-refractivity contribution in [2.45, 2.75) is 381 Å². The van der Waals surface area contributed by atoms with Crippen molar-refractivity contribution in [1.82, 2.24) is 0 Å². The summed E-state index contributed by atoms with van der Waals surface area (Å²) in [7, 11) is -9.92. The van der Waals surface area contributed by atoms with Crippen molar-refractivity contribution in [3.05, 3.63) is 24.3 Å². The Morgan fingerprint density at radius 1 is 0.347 bits per heavy atom. The third kappa shape index (κ3) is 67.2. The first-order chi connectivity index (χ1) is 45.8. The fraction of sp³-hybridized carbons (Fsp3) is 0.895. The average Bonchev–Trinajstić information content (AvgIpc) is 1.51. The molecule has 95 heavy (non-hydrogen) atoms. The molecule has 0 radical (unpaired) electrons. The molecule has 0 aliphatic carbocycles. The van der Waals surface area contributed by atoms with Gasteiger partial charge in [0.25, 0.3) is 0 Å². The van der Waals surface area contributed by atoms with Crippen molar-refractivity contribution in [3.63, 3.8) is 0 Å². The van der Waals surface area contributed by atoms with Gasteiger partial charge in [-0.25, -0.2) is 9.13 Å². The molecule has 17 nitrogen and oxygen atoms in total. The standard InChI is InChI=1S/C76H144O17P2/c1-8-11-12-13-14-15-16-17-19-23-26-29-35-43-50-57-73(78)86-63-71(92-75(80)59-52-45-36-30-27-24-21-18-20-22-25-28-33-40-47-54-67(4)5)65-90-94(82,83)88-61-70(77)62-89-95(84,85)91-66-72(64-87-74(79)58-51-44-39-38-42-49-56-69(7)10-3)93-76(81)60-53-46-37-32-31-34-41-48-55-68(6)9-2/h15-17,19,67-72,77H,8-14,18,20-66H2,1-7H3,(H,82,83)(H,84,85)/b16-15-,19-17-/t68?,69?,70-,71-,72-/m1/s1. The smallest absolute Gasteiger partial charge is 0.462 e. The topological polar surface area (TPSA) is 237 Å². The van der Waals surface area contributed by atoms with Crippen molar-refractivity contribution < 1.29 is 80.2 Å². The zero-order valence-corrected chi connectivity index (χ0v) is 63.4. The van der Waals surface area contributed by atoms with Crippen LogP contribution in [0.4, 0.5) is 0 Å². The van der Waals surface area contributed by atoms with Crippen LogP contribution in [-0.2, 0) is 65.4 Å². The zero-order valence-electron chi connectivity index (χ0n) is 61.6. The first kappa shape index (κ1) is 92.5. The molecule has 7 atom stereocenters. The van der Waals surface area contributed by atoms with Crippen LogP contribution in [0.2, 0.25) is 0 Å². The van der Waals surface area contributed by atoms with Crippen molar-refractivity contribution >= 4 is 39.5 Å². The van der Waals surface area contributed by atoms with Gasteiger partial charge in [0.15, 0.2) is 12.2 Å². The van der Waals surface area contributed by atoms with E-state index in [2.05, 4.69) is 72.8 Å². The number of carbonyl (C=O) groups excluding carboxylic acids is 4. The van der Waals surface area contributed by atoms with Crippen LogP contribution in [0.1, 0.15) is 363 Å². The molecule has 3 N–H and O–H groups in total. The predicted octanol–water partition coefficient (Wildman–Crippen LogP) is 21.7. The van der Waals surface area contributed by atoms with Crippen LogP contribution < -0.4 is 0 Å². The Balaban J connectivity index is 5.29. The molecular weight excluding hydrogens is 1250 g/mol. The predicted molar refractivity (Wildman–Crippen MR) is 386 cm³/mol. The fourth-order valence-corrected chi connectivity index (χ4v) is 12.6. The van der Waals surface area contributed by atoms with E-state index in [1.165, 1.54) is 148 Å². The van der Waals surface area contributed by atoms with E-state index < -0.39 is 97.5 Å². The lowest BCUT2D eigenvalue weighted by Crippen LogP contribution is -2.30. The van der Waals surface area contributed by atoms with Gasteiger partial charge in [-0.2, -0.15) is 0 Å².